The Balaban J connectivity index is 1.67. The van der Waals surface area contributed by atoms with Gasteiger partial charge in [-0.2, -0.15) is 0 Å². The Labute approximate surface area is 120 Å². The highest BCUT2D eigenvalue weighted by molar-refractivity contribution is 5.10. The zero-order chi connectivity index (χ0) is 13.0. The lowest BCUT2D eigenvalue weighted by Crippen LogP contribution is -2.35. The first-order valence-electron chi connectivity index (χ1n) is 9.24. The van der Waals surface area contributed by atoms with Crippen molar-refractivity contribution in [3.05, 3.63) is 5.92 Å². The Morgan fingerprint density at radius 2 is 1.26 bits per heavy atom. The van der Waals surface area contributed by atoms with E-state index in [0.717, 1.165) is 11.3 Å². The normalized spacial score (nSPS) is 30.3. The third kappa shape index (κ3) is 3.37. The topological polar surface area (TPSA) is 0 Å². The van der Waals surface area contributed by atoms with Crippen molar-refractivity contribution in [3.8, 4) is 0 Å². The summed E-state index contributed by atoms with van der Waals surface area (Å²) < 4.78 is 0. The van der Waals surface area contributed by atoms with Crippen LogP contribution in [0.25, 0.3) is 0 Å². The molecule has 0 unspecified atom stereocenters. The minimum atomic E-state index is 0.723. The molecule has 0 saturated heterocycles. The van der Waals surface area contributed by atoms with Gasteiger partial charge in [0.2, 0.25) is 0 Å². The van der Waals surface area contributed by atoms with Crippen LogP contribution in [0.5, 0.6) is 0 Å². The molecule has 0 heterocycles. The predicted molar refractivity (Wildman–Crippen MR) is 83.0 cm³/mol. The minimum Gasteiger partial charge on any atom is -0.0533 e. The maximum atomic E-state index is 2.03. The van der Waals surface area contributed by atoms with Gasteiger partial charge in [-0.15, -0.1) is 0 Å². The van der Waals surface area contributed by atoms with E-state index in [9.17, 15) is 0 Å². The quantitative estimate of drug-likeness (QED) is 0.548. The van der Waals surface area contributed by atoms with E-state index in [1.807, 2.05) is 5.92 Å². The molecule has 0 aromatic heterocycles. The van der Waals surface area contributed by atoms with Crippen LogP contribution >= 0.6 is 0 Å². The molecule has 1 radical (unpaired) electrons. The fraction of sp³-hybridized carbons (Fsp3) is 0.947. The summed E-state index contributed by atoms with van der Waals surface area (Å²) in [5.74, 6) is 3.12. The fourth-order valence-electron chi connectivity index (χ4n) is 5.38. The van der Waals surface area contributed by atoms with Crippen LogP contribution in [-0.2, 0) is 0 Å². The van der Waals surface area contributed by atoms with Crippen LogP contribution < -0.4 is 0 Å². The molecule has 3 saturated carbocycles. The second-order valence-corrected chi connectivity index (χ2v) is 7.71. The third-order valence-corrected chi connectivity index (χ3v) is 6.42. The van der Waals surface area contributed by atoms with E-state index < -0.39 is 0 Å². The molecule has 3 aliphatic carbocycles. The highest BCUT2D eigenvalue weighted by atomic mass is 14.5. The van der Waals surface area contributed by atoms with E-state index in [4.69, 9.17) is 0 Å². The summed E-state index contributed by atoms with van der Waals surface area (Å²) in [7, 11) is 0. The van der Waals surface area contributed by atoms with Crippen LogP contribution in [0.15, 0.2) is 0 Å². The van der Waals surface area contributed by atoms with Crippen molar-refractivity contribution >= 4 is 0 Å². The molecule has 3 fully saturated rings. The van der Waals surface area contributed by atoms with Gasteiger partial charge < -0.3 is 0 Å². The van der Waals surface area contributed by atoms with Crippen LogP contribution in [0.1, 0.15) is 103 Å². The minimum absolute atomic E-state index is 0.723. The molecule has 0 aliphatic heterocycles. The smallest absolute Gasteiger partial charge is 0.0179 e. The molecule has 3 aliphatic rings. The first kappa shape index (κ1) is 14.0. The number of hydrogen-bond acceptors (Lipinski definition) is 0. The van der Waals surface area contributed by atoms with Crippen molar-refractivity contribution in [1.29, 1.82) is 0 Å². The van der Waals surface area contributed by atoms with Gasteiger partial charge >= 0.3 is 0 Å². The predicted octanol–water partition coefficient (Wildman–Crippen LogP) is 6.45. The molecule has 0 amide bonds. The summed E-state index contributed by atoms with van der Waals surface area (Å²) in [6.07, 6.45) is 24.4. The summed E-state index contributed by atoms with van der Waals surface area (Å²) in [4.78, 5) is 0. The van der Waals surface area contributed by atoms with Gasteiger partial charge in [-0.25, -0.2) is 0 Å². The van der Waals surface area contributed by atoms with E-state index in [1.54, 1.807) is 32.1 Å². The standard InChI is InChI=1S/C19H33/c1-4-10-17(11-5-1)16-19(14-8-3-9-15-19)18-12-6-2-7-13-18/h17H,1-16H2. The van der Waals surface area contributed by atoms with Crippen molar-refractivity contribution in [2.45, 2.75) is 103 Å². The Morgan fingerprint density at radius 1 is 0.684 bits per heavy atom. The number of hydrogen-bond donors (Lipinski definition) is 0. The second kappa shape index (κ2) is 6.64. The zero-order valence-electron chi connectivity index (χ0n) is 12.9. The average molecular weight is 261 g/mol. The van der Waals surface area contributed by atoms with Gasteiger partial charge in [-0.1, -0.05) is 70.6 Å². The van der Waals surface area contributed by atoms with Gasteiger partial charge in [-0.3, -0.25) is 0 Å². The summed E-state index contributed by atoms with van der Waals surface area (Å²) >= 11 is 0. The maximum absolute atomic E-state index is 2.03. The molecule has 0 nitrogen and oxygen atoms in total. The molecule has 0 N–H and O–H groups in total. The molecule has 0 bridgehead atoms. The van der Waals surface area contributed by atoms with Gasteiger partial charge in [-0.05, 0) is 49.4 Å². The van der Waals surface area contributed by atoms with E-state index in [1.165, 1.54) is 70.6 Å². The monoisotopic (exact) mass is 261 g/mol. The highest BCUT2D eigenvalue weighted by Gasteiger charge is 2.41. The second-order valence-electron chi connectivity index (χ2n) is 7.71. The van der Waals surface area contributed by atoms with Crippen molar-refractivity contribution in [2.75, 3.05) is 0 Å². The SMILES string of the molecule is C1CC[C](C2(CC3CCCCC3)CCCCC2)CC1. The Hall–Kier alpha value is 0. The van der Waals surface area contributed by atoms with Crippen molar-refractivity contribution in [2.24, 2.45) is 11.3 Å². The molecular formula is C19H33. The fourth-order valence-corrected chi connectivity index (χ4v) is 5.38. The first-order valence-corrected chi connectivity index (χ1v) is 9.24. The Kier molecular flexibility index (Phi) is 4.87. The highest BCUT2D eigenvalue weighted by Crippen LogP contribution is 2.54. The van der Waals surface area contributed by atoms with Gasteiger partial charge in [0.05, 0.1) is 0 Å². The lowest BCUT2D eigenvalue weighted by molar-refractivity contribution is 0.120. The van der Waals surface area contributed by atoms with Crippen LogP contribution in [-0.4, -0.2) is 0 Å². The largest absolute Gasteiger partial charge is 0.0533 e. The molecule has 0 aromatic rings. The van der Waals surface area contributed by atoms with E-state index in [2.05, 4.69) is 0 Å². The molecule has 19 heavy (non-hydrogen) atoms. The summed E-state index contributed by atoms with van der Waals surface area (Å²) in [5.41, 5.74) is 0.723. The maximum Gasteiger partial charge on any atom is -0.0179 e. The molecule has 0 atom stereocenters. The van der Waals surface area contributed by atoms with Crippen LogP contribution in [0.3, 0.4) is 0 Å². The summed E-state index contributed by atoms with van der Waals surface area (Å²) in [6, 6.07) is 0. The molecule has 0 heteroatoms. The molecular weight excluding hydrogens is 228 g/mol. The molecule has 3 rings (SSSR count). The first-order chi connectivity index (χ1) is 9.39. The van der Waals surface area contributed by atoms with E-state index >= 15 is 0 Å². The van der Waals surface area contributed by atoms with E-state index in [0.29, 0.717) is 0 Å². The average Bonchev–Trinajstić information content (AvgIpc) is 2.50. The van der Waals surface area contributed by atoms with Gasteiger partial charge in [0.25, 0.3) is 0 Å². The van der Waals surface area contributed by atoms with Crippen molar-refractivity contribution < 1.29 is 0 Å². The Morgan fingerprint density at radius 3 is 1.95 bits per heavy atom. The molecule has 109 valence electrons. The van der Waals surface area contributed by atoms with Gasteiger partial charge in [0.1, 0.15) is 0 Å². The van der Waals surface area contributed by atoms with Gasteiger partial charge in [0.15, 0.2) is 0 Å². The van der Waals surface area contributed by atoms with Gasteiger partial charge in [0, 0.05) is 0 Å². The lowest BCUT2D eigenvalue weighted by Gasteiger charge is -2.47. The molecule has 0 spiro atoms. The number of rotatable bonds is 3. The third-order valence-electron chi connectivity index (χ3n) is 6.42. The Bertz CT molecular complexity index is 249. The summed E-state index contributed by atoms with van der Waals surface area (Å²) in [5, 5.41) is 0. The van der Waals surface area contributed by atoms with Crippen LogP contribution in [0, 0.1) is 17.3 Å². The van der Waals surface area contributed by atoms with Crippen molar-refractivity contribution in [3.63, 3.8) is 0 Å². The van der Waals surface area contributed by atoms with E-state index in [-0.39, 0.29) is 0 Å². The van der Waals surface area contributed by atoms with Crippen LogP contribution in [0.2, 0.25) is 0 Å². The molecule has 0 aromatic carbocycles. The lowest BCUT2D eigenvalue weighted by atomic mass is 9.57. The van der Waals surface area contributed by atoms with Crippen molar-refractivity contribution in [1.82, 2.24) is 0 Å². The summed E-state index contributed by atoms with van der Waals surface area (Å²) in [6.45, 7) is 0. The zero-order valence-corrected chi connectivity index (χ0v) is 12.9. The van der Waals surface area contributed by atoms with Crippen LogP contribution in [0.4, 0.5) is 0 Å².